The molecule has 4 heterocycles. The number of aryl methyl sites for hydroxylation is 3. The number of ether oxygens (including phenoxy) is 2. The lowest BCUT2D eigenvalue weighted by molar-refractivity contribution is -0.130. The first-order chi connectivity index (χ1) is 15.9. The van der Waals surface area contributed by atoms with Crippen molar-refractivity contribution in [3.8, 4) is 11.1 Å². The molecular formula is C24H26F2N4O3. The third-order valence-electron chi connectivity index (χ3n) is 6.40. The number of nitrogens with zero attached hydrogens (tertiary/aromatic N) is 4. The van der Waals surface area contributed by atoms with Gasteiger partial charge < -0.3 is 18.6 Å². The van der Waals surface area contributed by atoms with Crippen molar-refractivity contribution in [2.24, 2.45) is 0 Å². The lowest BCUT2D eigenvalue weighted by Crippen LogP contribution is -2.19. The summed E-state index contributed by atoms with van der Waals surface area (Å²) in [7, 11) is 0. The summed E-state index contributed by atoms with van der Waals surface area (Å²) in [5.41, 5.74) is 6.32. The van der Waals surface area contributed by atoms with Crippen molar-refractivity contribution in [2.45, 2.75) is 52.7 Å². The smallest absolute Gasteiger partial charge is 0.345 e. The van der Waals surface area contributed by atoms with Crippen LogP contribution in [0.1, 0.15) is 41.6 Å². The summed E-state index contributed by atoms with van der Waals surface area (Å²) in [6.07, 6.45) is 3.45. The molecule has 0 spiro atoms. The van der Waals surface area contributed by atoms with Crippen molar-refractivity contribution in [2.75, 3.05) is 19.8 Å². The molecule has 5 rings (SSSR count). The largest absolute Gasteiger partial charge is 0.381 e. The fraction of sp³-hybridized carbons (Fsp3) is 0.458. The highest BCUT2D eigenvalue weighted by atomic mass is 19.3. The van der Waals surface area contributed by atoms with Crippen LogP contribution in [0, 0.1) is 20.8 Å². The van der Waals surface area contributed by atoms with Crippen LogP contribution in [0.15, 0.2) is 22.9 Å². The average Bonchev–Trinajstić information content (AvgIpc) is 3.33. The van der Waals surface area contributed by atoms with E-state index < -0.39 is 6.61 Å². The zero-order valence-corrected chi connectivity index (χ0v) is 18.9. The summed E-state index contributed by atoms with van der Waals surface area (Å²) in [5, 5.41) is 5.02. The van der Waals surface area contributed by atoms with Crippen LogP contribution >= 0.6 is 0 Å². The van der Waals surface area contributed by atoms with Crippen LogP contribution in [0.5, 0.6) is 0 Å². The summed E-state index contributed by atoms with van der Waals surface area (Å²) in [4.78, 5) is 9.58. The Hall–Kier alpha value is -2.91. The van der Waals surface area contributed by atoms with E-state index in [9.17, 15) is 8.78 Å². The van der Waals surface area contributed by atoms with E-state index in [4.69, 9.17) is 14.2 Å². The molecule has 0 aliphatic carbocycles. The maximum Gasteiger partial charge on any atom is 0.345 e. The Morgan fingerprint density at radius 3 is 2.64 bits per heavy atom. The molecule has 1 aliphatic heterocycles. The molecule has 174 valence electrons. The van der Waals surface area contributed by atoms with Crippen LogP contribution in [-0.2, 0) is 16.0 Å². The number of halogens is 2. The SMILES string of the molecule is Cc1cc2c(cc1-c1c(C)noc1C)ncc1nc(C3CCOCC3)n(CCOC(F)F)c12. The van der Waals surface area contributed by atoms with Gasteiger partial charge in [0.15, 0.2) is 0 Å². The summed E-state index contributed by atoms with van der Waals surface area (Å²) >= 11 is 0. The van der Waals surface area contributed by atoms with E-state index in [1.807, 2.05) is 31.4 Å². The lowest BCUT2D eigenvalue weighted by atomic mass is 9.96. The zero-order chi connectivity index (χ0) is 23.1. The van der Waals surface area contributed by atoms with E-state index in [2.05, 4.69) is 20.9 Å². The Morgan fingerprint density at radius 1 is 1.15 bits per heavy atom. The molecule has 7 nitrogen and oxygen atoms in total. The molecule has 3 aromatic heterocycles. The third-order valence-corrected chi connectivity index (χ3v) is 6.40. The lowest BCUT2D eigenvalue weighted by Gasteiger charge is -2.23. The molecule has 1 saturated heterocycles. The summed E-state index contributed by atoms with van der Waals surface area (Å²) in [6.45, 7) is 4.58. The van der Waals surface area contributed by atoms with E-state index in [1.165, 1.54) is 0 Å². The molecule has 0 radical (unpaired) electrons. The number of imidazole rings is 1. The van der Waals surface area contributed by atoms with Gasteiger partial charge in [0.05, 0.1) is 29.5 Å². The summed E-state index contributed by atoms with van der Waals surface area (Å²) in [5.74, 6) is 1.84. The van der Waals surface area contributed by atoms with Gasteiger partial charge in [0.1, 0.15) is 17.1 Å². The number of aromatic nitrogens is 4. The second-order valence-corrected chi connectivity index (χ2v) is 8.52. The fourth-order valence-electron chi connectivity index (χ4n) is 4.85. The predicted octanol–water partition coefficient (Wildman–Crippen LogP) is 5.30. The highest BCUT2D eigenvalue weighted by Crippen LogP contribution is 2.36. The highest BCUT2D eigenvalue weighted by Gasteiger charge is 2.25. The second kappa shape index (κ2) is 8.79. The van der Waals surface area contributed by atoms with E-state index in [1.54, 1.807) is 6.20 Å². The van der Waals surface area contributed by atoms with Gasteiger partial charge in [-0.1, -0.05) is 5.16 Å². The van der Waals surface area contributed by atoms with E-state index in [-0.39, 0.29) is 19.1 Å². The van der Waals surface area contributed by atoms with Crippen LogP contribution in [0.3, 0.4) is 0 Å². The molecule has 0 saturated carbocycles. The van der Waals surface area contributed by atoms with Gasteiger partial charge in [-0.15, -0.1) is 0 Å². The molecule has 0 amide bonds. The molecule has 0 bridgehead atoms. The van der Waals surface area contributed by atoms with Gasteiger partial charge in [-0.05, 0) is 56.9 Å². The maximum absolute atomic E-state index is 12.7. The quantitative estimate of drug-likeness (QED) is 0.392. The topological polar surface area (TPSA) is 75.2 Å². The summed E-state index contributed by atoms with van der Waals surface area (Å²) in [6, 6.07) is 4.13. The normalized spacial score (nSPS) is 15.3. The van der Waals surface area contributed by atoms with Crippen molar-refractivity contribution in [1.82, 2.24) is 19.7 Å². The van der Waals surface area contributed by atoms with Crippen molar-refractivity contribution in [1.29, 1.82) is 0 Å². The van der Waals surface area contributed by atoms with Crippen molar-refractivity contribution < 1.29 is 22.8 Å². The van der Waals surface area contributed by atoms with Crippen LogP contribution in [0.4, 0.5) is 8.78 Å². The van der Waals surface area contributed by atoms with Gasteiger partial charge in [-0.2, -0.15) is 8.78 Å². The molecule has 1 aromatic carbocycles. The number of hydrogen-bond acceptors (Lipinski definition) is 6. The monoisotopic (exact) mass is 456 g/mol. The average molecular weight is 456 g/mol. The predicted molar refractivity (Wildman–Crippen MR) is 119 cm³/mol. The van der Waals surface area contributed by atoms with Crippen LogP contribution < -0.4 is 0 Å². The van der Waals surface area contributed by atoms with Gasteiger partial charge in [0.25, 0.3) is 0 Å². The van der Waals surface area contributed by atoms with E-state index in [0.29, 0.717) is 13.2 Å². The number of rotatable bonds is 6. The van der Waals surface area contributed by atoms with Gasteiger partial charge >= 0.3 is 6.61 Å². The molecule has 0 unspecified atom stereocenters. The molecule has 33 heavy (non-hydrogen) atoms. The molecule has 1 fully saturated rings. The Labute approximate surface area is 189 Å². The van der Waals surface area contributed by atoms with E-state index >= 15 is 0 Å². The minimum absolute atomic E-state index is 0.0979. The number of alkyl halides is 2. The third kappa shape index (κ3) is 4.00. The molecule has 0 N–H and O–H groups in total. The number of hydrogen-bond donors (Lipinski definition) is 0. The maximum atomic E-state index is 12.7. The Kier molecular flexibility index (Phi) is 5.84. The number of fused-ring (bicyclic) bond motifs is 3. The molecule has 0 atom stereocenters. The minimum Gasteiger partial charge on any atom is -0.381 e. The van der Waals surface area contributed by atoms with Gasteiger partial charge in [-0.25, -0.2) is 4.98 Å². The van der Waals surface area contributed by atoms with Crippen molar-refractivity contribution in [3.63, 3.8) is 0 Å². The Morgan fingerprint density at radius 2 is 1.94 bits per heavy atom. The minimum atomic E-state index is -2.80. The Balaban J connectivity index is 1.68. The van der Waals surface area contributed by atoms with Gasteiger partial charge in [0, 0.05) is 36.6 Å². The van der Waals surface area contributed by atoms with Gasteiger partial charge in [0.2, 0.25) is 0 Å². The van der Waals surface area contributed by atoms with E-state index in [0.717, 1.165) is 68.7 Å². The Bertz CT molecular complexity index is 1290. The van der Waals surface area contributed by atoms with Crippen molar-refractivity contribution in [3.05, 3.63) is 41.2 Å². The van der Waals surface area contributed by atoms with Crippen LogP contribution in [0.25, 0.3) is 33.1 Å². The highest BCUT2D eigenvalue weighted by molar-refractivity contribution is 6.04. The van der Waals surface area contributed by atoms with Crippen LogP contribution in [0.2, 0.25) is 0 Å². The van der Waals surface area contributed by atoms with Gasteiger partial charge in [-0.3, -0.25) is 4.98 Å². The standard InChI is InChI=1S/C24H26F2N4O3/c1-13-10-18-19(11-17(13)21-14(2)29-33-15(21)3)27-12-20-22(18)30(6-9-32-24(25)26)23(28-20)16-4-7-31-8-5-16/h10-12,16,24H,4-9H2,1-3H3. The summed E-state index contributed by atoms with van der Waals surface area (Å²) < 4.78 is 42.9. The zero-order valence-electron chi connectivity index (χ0n) is 18.9. The molecule has 9 heteroatoms. The number of pyridine rings is 1. The first kappa shape index (κ1) is 21.9. The number of benzene rings is 1. The molecule has 4 aromatic rings. The van der Waals surface area contributed by atoms with Crippen LogP contribution in [-0.4, -0.2) is 46.1 Å². The fourth-order valence-corrected chi connectivity index (χ4v) is 4.85. The first-order valence-corrected chi connectivity index (χ1v) is 11.1. The molecular weight excluding hydrogens is 430 g/mol. The second-order valence-electron chi connectivity index (χ2n) is 8.52. The molecule has 1 aliphatic rings. The first-order valence-electron chi connectivity index (χ1n) is 11.1. The van der Waals surface area contributed by atoms with Crippen molar-refractivity contribution >= 4 is 21.9 Å².